The second-order valence-corrected chi connectivity index (χ2v) is 7.86. The molecule has 6 heteroatoms. The average molecular weight is 424 g/mol. The predicted molar refractivity (Wildman–Crippen MR) is 123 cm³/mol. The minimum atomic E-state index is -0.549. The number of carbonyl (C=O) groups is 1. The highest BCUT2D eigenvalue weighted by Crippen LogP contribution is 2.39. The van der Waals surface area contributed by atoms with Crippen LogP contribution in [0.3, 0.4) is 0 Å². The largest absolute Gasteiger partial charge is 0.463 e. The van der Waals surface area contributed by atoms with Gasteiger partial charge in [0, 0.05) is 5.56 Å². The number of carbonyl (C=O) groups excluding carboxylic acids is 1. The molecule has 2 aromatic heterocycles. The summed E-state index contributed by atoms with van der Waals surface area (Å²) in [4.78, 5) is 31.2. The van der Waals surface area contributed by atoms with Crippen molar-refractivity contribution in [1.29, 1.82) is 0 Å². The van der Waals surface area contributed by atoms with Gasteiger partial charge in [0.2, 0.25) is 5.43 Å². The Morgan fingerprint density at radius 3 is 2.23 bits per heavy atom. The number of nitrogens with one attached hydrogen (secondary N) is 1. The Morgan fingerprint density at radius 2 is 1.48 bits per heavy atom. The summed E-state index contributed by atoms with van der Waals surface area (Å²) in [6, 6.07) is 26.5. The van der Waals surface area contributed by atoms with Crippen molar-refractivity contribution in [3.05, 3.63) is 107 Å². The highest BCUT2D eigenvalue weighted by molar-refractivity contribution is 7.19. The molecule has 0 aliphatic carbocycles. The smallest absolute Gasteiger partial charge is 0.264 e. The number of aromatic nitrogens is 1. The molecule has 2 heterocycles. The molecule has 3 aromatic carbocycles. The number of fused-ring (bicyclic) bond motifs is 1. The lowest BCUT2D eigenvalue weighted by molar-refractivity contribution is 0.102. The van der Waals surface area contributed by atoms with Crippen molar-refractivity contribution in [2.75, 3.05) is 5.32 Å². The maximum absolute atomic E-state index is 12.9. The molecule has 0 aliphatic heterocycles. The van der Waals surface area contributed by atoms with Crippen LogP contribution in [0, 0.1) is 0 Å². The predicted octanol–water partition coefficient (Wildman–Crippen LogP) is 5.84. The van der Waals surface area contributed by atoms with Crippen LogP contribution in [-0.2, 0) is 0 Å². The molecule has 5 nitrogen and oxygen atoms in total. The van der Waals surface area contributed by atoms with E-state index in [4.69, 9.17) is 4.42 Å². The van der Waals surface area contributed by atoms with E-state index in [0.717, 1.165) is 21.7 Å². The topological polar surface area (TPSA) is 72.2 Å². The molecule has 150 valence electrons. The van der Waals surface area contributed by atoms with E-state index in [1.54, 1.807) is 24.3 Å². The molecule has 0 atom stereocenters. The first-order chi connectivity index (χ1) is 15.2. The Hall–Kier alpha value is -4.03. The summed E-state index contributed by atoms with van der Waals surface area (Å²) in [6.45, 7) is 0. The molecule has 0 fully saturated rings. The second kappa shape index (κ2) is 8.01. The number of para-hydroxylation sites is 1. The summed E-state index contributed by atoms with van der Waals surface area (Å²) in [5.74, 6) is -0.549. The van der Waals surface area contributed by atoms with Crippen molar-refractivity contribution < 1.29 is 9.21 Å². The van der Waals surface area contributed by atoms with E-state index < -0.39 is 5.91 Å². The maximum Gasteiger partial charge on any atom is 0.264 e. The zero-order valence-electron chi connectivity index (χ0n) is 16.2. The molecule has 1 amide bonds. The molecular weight excluding hydrogens is 408 g/mol. The van der Waals surface area contributed by atoms with Crippen molar-refractivity contribution in [3.63, 3.8) is 0 Å². The van der Waals surface area contributed by atoms with Gasteiger partial charge in [0.15, 0.2) is 5.13 Å². The Kier molecular flexibility index (Phi) is 4.90. The van der Waals surface area contributed by atoms with Crippen LogP contribution < -0.4 is 10.7 Å². The van der Waals surface area contributed by atoms with Gasteiger partial charge in [0.1, 0.15) is 17.4 Å². The van der Waals surface area contributed by atoms with Crippen LogP contribution >= 0.6 is 11.3 Å². The van der Waals surface area contributed by atoms with Gasteiger partial charge in [-0.1, -0.05) is 84.1 Å². The number of rotatable bonds is 4. The minimum absolute atomic E-state index is 0.0589. The fourth-order valence-electron chi connectivity index (χ4n) is 3.35. The zero-order valence-corrected chi connectivity index (χ0v) is 17.1. The van der Waals surface area contributed by atoms with Crippen LogP contribution in [0.5, 0.6) is 0 Å². The van der Waals surface area contributed by atoms with Crippen molar-refractivity contribution in [1.82, 2.24) is 4.98 Å². The van der Waals surface area contributed by atoms with Gasteiger partial charge in [-0.15, -0.1) is 0 Å². The monoisotopic (exact) mass is 424 g/mol. The van der Waals surface area contributed by atoms with Crippen molar-refractivity contribution in [2.45, 2.75) is 0 Å². The highest BCUT2D eigenvalue weighted by Gasteiger charge is 2.19. The summed E-state index contributed by atoms with van der Waals surface area (Å²) in [5.41, 5.74) is 2.74. The van der Waals surface area contributed by atoms with Crippen molar-refractivity contribution >= 4 is 33.3 Å². The fourth-order valence-corrected chi connectivity index (χ4v) is 4.34. The quantitative estimate of drug-likeness (QED) is 0.394. The maximum atomic E-state index is 12.9. The molecular formula is C25H16N2O3S. The van der Waals surface area contributed by atoms with Crippen LogP contribution in [-0.4, -0.2) is 10.9 Å². The summed E-state index contributed by atoms with van der Waals surface area (Å²) >= 11 is 1.36. The minimum Gasteiger partial charge on any atom is -0.463 e. The van der Waals surface area contributed by atoms with Crippen molar-refractivity contribution in [3.8, 4) is 21.7 Å². The first-order valence-corrected chi connectivity index (χ1v) is 10.5. The van der Waals surface area contributed by atoms with Crippen LogP contribution in [0.15, 0.2) is 100 Å². The van der Waals surface area contributed by atoms with E-state index >= 15 is 0 Å². The SMILES string of the molecule is O=C(Nc1nc(-c2ccccc2)c(-c2ccccc2)s1)c1coc2ccccc2c1=O. The van der Waals surface area contributed by atoms with Gasteiger partial charge < -0.3 is 4.42 Å². The van der Waals surface area contributed by atoms with Crippen LogP contribution in [0.2, 0.25) is 0 Å². The fraction of sp³-hybridized carbons (Fsp3) is 0. The highest BCUT2D eigenvalue weighted by atomic mass is 32.1. The zero-order chi connectivity index (χ0) is 21.2. The first kappa shape index (κ1) is 19.0. The third-order valence-electron chi connectivity index (χ3n) is 4.86. The van der Waals surface area contributed by atoms with Crippen LogP contribution in [0.25, 0.3) is 32.7 Å². The molecule has 0 radical (unpaired) electrons. The third kappa shape index (κ3) is 3.65. The number of anilines is 1. The molecule has 5 aromatic rings. The van der Waals surface area contributed by atoms with E-state index in [1.807, 2.05) is 60.7 Å². The second-order valence-electron chi connectivity index (χ2n) is 6.86. The Balaban J connectivity index is 1.54. The molecule has 1 N–H and O–H groups in total. The molecule has 31 heavy (non-hydrogen) atoms. The number of thiazole rings is 1. The van der Waals surface area contributed by atoms with E-state index in [1.165, 1.54) is 17.6 Å². The van der Waals surface area contributed by atoms with E-state index in [0.29, 0.717) is 16.1 Å². The molecule has 0 bridgehead atoms. The standard InChI is InChI=1S/C25H16N2O3S/c28-22-18-13-7-8-14-20(18)30-15-19(22)24(29)27-25-26-21(16-9-3-1-4-10-16)23(31-25)17-11-5-2-6-12-17/h1-15H,(H,26,27,29). The summed E-state index contributed by atoms with van der Waals surface area (Å²) in [7, 11) is 0. The van der Waals surface area contributed by atoms with Gasteiger partial charge in [0.05, 0.1) is 16.0 Å². The molecule has 0 spiro atoms. The lowest BCUT2D eigenvalue weighted by Gasteiger charge is -2.02. The molecule has 0 saturated carbocycles. The van der Waals surface area contributed by atoms with E-state index in [-0.39, 0.29) is 11.0 Å². The van der Waals surface area contributed by atoms with Crippen molar-refractivity contribution in [2.24, 2.45) is 0 Å². The summed E-state index contributed by atoms with van der Waals surface area (Å²) in [5, 5.41) is 3.55. The Bertz CT molecular complexity index is 1380. The Morgan fingerprint density at radius 1 is 0.839 bits per heavy atom. The Labute approximate surface area is 181 Å². The third-order valence-corrected chi connectivity index (χ3v) is 5.88. The number of nitrogens with zero attached hydrogens (tertiary/aromatic N) is 1. The molecule has 5 rings (SSSR count). The molecule has 0 aliphatic rings. The summed E-state index contributed by atoms with van der Waals surface area (Å²) in [6.07, 6.45) is 1.20. The van der Waals surface area contributed by atoms with Crippen LogP contribution in [0.4, 0.5) is 5.13 Å². The summed E-state index contributed by atoms with van der Waals surface area (Å²) < 4.78 is 5.47. The van der Waals surface area contributed by atoms with Gasteiger partial charge in [-0.3, -0.25) is 14.9 Å². The van der Waals surface area contributed by atoms with Gasteiger partial charge >= 0.3 is 0 Å². The number of hydrogen-bond acceptors (Lipinski definition) is 5. The number of benzene rings is 3. The lowest BCUT2D eigenvalue weighted by atomic mass is 10.1. The van der Waals surface area contributed by atoms with E-state index in [2.05, 4.69) is 10.3 Å². The molecule has 0 saturated heterocycles. The molecule has 0 unspecified atom stereocenters. The normalized spacial score (nSPS) is 10.8. The average Bonchev–Trinajstić information content (AvgIpc) is 3.24. The van der Waals surface area contributed by atoms with Crippen LogP contribution in [0.1, 0.15) is 10.4 Å². The van der Waals surface area contributed by atoms with Gasteiger partial charge in [0.25, 0.3) is 5.91 Å². The van der Waals surface area contributed by atoms with Gasteiger partial charge in [-0.2, -0.15) is 0 Å². The number of hydrogen-bond donors (Lipinski definition) is 1. The lowest BCUT2D eigenvalue weighted by Crippen LogP contribution is -2.21. The van der Waals surface area contributed by atoms with Gasteiger partial charge in [-0.05, 0) is 17.7 Å². The van der Waals surface area contributed by atoms with Gasteiger partial charge in [-0.25, -0.2) is 4.98 Å². The number of amides is 1. The van der Waals surface area contributed by atoms with E-state index in [9.17, 15) is 9.59 Å². The first-order valence-electron chi connectivity index (χ1n) is 9.64.